The van der Waals surface area contributed by atoms with E-state index in [1.54, 1.807) is 0 Å². The predicted molar refractivity (Wildman–Crippen MR) is 242 cm³/mol. The standard InChI is InChI=1S/C53H31N3OS/c1-3-12-34(13-4-1)51-41-28-27-37-42-30-36(26-29-48(42)58-52(37)50(41)38-16-7-9-19-43(38)54-51)32-22-24-33(25-23-32)44-31-45(56-53(55-44)35-14-5-2-6-15-35)39-18-11-21-47-49(39)40-17-8-10-20-46(40)57-47/h1-31H. The number of aromatic nitrogens is 3. The monoisotopic (exact) mass is 757 g/mol. The van der Waals surface area contributed by atoms with Gasteiger partial charge in [0.25, 0.3) is 0 Å². The van der Waals surface area contributed by atoms with Gasteiger partial charge in [0.2, 0.25) is 0 Å². The number of hydrogen-bond donors (Lipinski definition) is 0. The first kappa shape index (κ1) is 32.7. The van der Waals surface area contributed by atoms with Crippen molar-refractivity contribution in [3.63, 3.8) is 0 Å². The average molecular weight is 758 g/mol. The van der Waals surface area contributed by atoms with Gasteiger partial charge >= 0.3 is 0 Å². The highest BCUT2D eigenvalue weighted by molar-refractivity contribution is 7.26. The average Bonchev–Trinajstić information content (AvgIpc) is 3.87. The van der Waals surface area contributed by atoms with Crippen LogP contribution in [0.4, 0.5) is 0 Å². The number of hydrogen-bond acceptors (Lipinski definition) is 5. The Kier molecular flexibility index (Phi) is 7.37. The van der Waals surface area contributed by atoms with Crippen LogP contribution in [-0.4, -0.2) is 15.0 Å². The van der Waals surface area contributed by atoms with E-state index < -0.39 is 0 Å². The van der Waals surface area contributed by atoms with Crippen molar-refractivity contribution in [3.8, 4) is 56.3 Å². The number of rotatable bonds is 5. The molecule has 4 heterocycles. The minimum Gasteiger partial charge on any atom is -0.456 e. The molecule has 0 unspecified atom stereocenters. The van der Waals surface area contributed by atoms with Crippen molar-refractivity contribution < 1.29 is 4.42 Å². The van der Waals surface area contributed by atoms with Gasteiger partial charge in [0.15, 0.2) is 5.82 Å². The lowest BCUT2D eigenvalue weighted by molar-refractivity contribution is 0.669. The van der Waals surface area contributed by atoms with Crippen molar-refractivity contribution in [1.29, 1.82) is 0 Å². The van der Waals surface area contributed by atoms with Gasteiger partial charge in [-0.3, -0.25) is 0 Å². The number of para-hydroxylation sites is 2. The molecule has 8 aromatic carbocycles. The highest BCUT2D eigenvalue weighted by Crippen LogP contribution is 2.44. The Hall–Kier alpha value is -7.47. The van der Waals surface area contributed by atoms with E-state index in [1.165, 1.54) is 41.9 Å². The molecule has 4 aromatic heterocycles. The summed E-state index contributed by atoms with van der Waals surface area (Å²) in [5.74, 6) is 0.684. The summed E-state index contributed by atoms with van der Waals surface area (Å²) in [6.07, 6.45) is 0. The number of furan rings is 1. The van der Waals surface area contributed by atoms with E-state index in [0.717, 1.165) is 72.4 Å². The zero-order valence-electron chi connectivity index (χ0n) is 31.1. The molecule has 12 aromatic rings. The number of pyridine rings is 1. The molecule has 0 fully saturated rings. The maximum Gasteiger partial charge on any atom is 0.160 e. The van der Waals surface area contributed by atoms with Crippen LogP contribution in [0, 0.1) is 0 Å². The molecule has 0 amide bonds. The second-order valence-corrected chi connectivity index (χ2v) is 15.8. The molecule has 270 valence electrons. The fourth-order valence-electron chi connectivity index (χ4n) is 8.53. The molecule has 0 aliphatic heterocycles. The number of thiophene rings is 1. The van der Waals surface area contributed by atoms with Crippen LogP contribution in [0.3, 0.4) is 0 Å². The van der Waals surface area contributed by atoms with Crippen LogP contribution >= 0.6 is 11.3 Å². The summed E-state index contributed by atoms with van der Waals surface area (Å²) in [6, 6.07) is 66.0. The summed E-state index contributed by atoms with van der Waals surface area (Å²) in [5, 5.41) is 8.29. The van der Waals surface area contributed by atoms with Crippen LogP contribution in [0.2, 0.25) is 0 Å². The Morgan fingerprint density at radius 3 is 1.90 bits per heavy atom. The predicted octanol–water partition coefficient (Wildman–Crippen LogP) is 14.8. The topological polar surface area (TPSA) is 51.8 Å². The Labute approximate surface area is 337 Å². The molecule has 0 aliphatic rings. The Morgan fingerprint density at radius 1 is 0.379 bits per heavy atom. The van der Waals surface area contributed by atoms with Gasteiger partial charge in [0.05, 0.1) is 22.6 Å². The van der Waals surface area contributed by atoms with Crippen LogP contribution in [0.1, 0.15) is 0 Å². The van der Waals surface area contributed by atoms with Crippen LogP contribution in [-0.2, 0) is 0 Å². The van der Waals surface area contributed by atoms with Gasteiger partial charge in [-0.15, -0.1) is 11.3 Å². The number of nitrogens with zero attached hydrogens (tertiary/aromatic N) is 3. The van der Waals surface area contributed by atoms with Crippen molar-refractivity contribution >= 4 is 75.1 Å². The number of fused-ring (bicyclic) bond motifs is 10. The quantitative estimate of drug-likeness (QED) is 0.164. The second kappa shape index (κ2) is 13.1. The van der Waals surface area contributed by atoms with E-state index in [0.29, 0.717) is 5.82 Å². The van der Waals surface area contributed by atoms with Gasteiger partial charge in [-0.25, -0.2) is 15.0 Å². The molecule has 0 saturated heterocycles. The fourth-order valence-corrected chi connectivity index (χ4v) is 9.78. The molecular formula is C53H31N3OS. The minimum absolute atomic E-state index is 0.684. The molecular weight excluding hydrogens is 727 g/mol. The Morgan fingerprint density at radius 2 is 1.05 bits per heavy atom. The Bertz CT molecular complexity index is 3550. The molecule has 0 saturated carbocycles. The van der Waals surface area contributed by atoms with Gasteiger partial charge in [0.1, 0.15) is 11.2 Å². The lowest BCUT2D eigenvalue weighted by Gasteiger charge is -2.11. The van der Waals surface area contributed by atoms with E-state index in [-0.39, 0.29) is 0 Å². The maximum atomic E-state index is 6.26. The van der Waals surface area contributed by atoms with Gasteiger partial charge in [-0.2, -0.15) is 0 Å². The maximum absolute atomic E-state index is 6.26. The first-order valence-electron chi connectivity index (χ1n) is 19.4. The van der Waals surface area contributed by atoms with Crippen LogP contribution in [0.15, 0.2) is 192 Å². The zero-order chi connectivity index (χ0) is 38.2. The molecule has 0 N–H and O–H groups in total. The van der Waals surface area contributed by atoms with E-state index in [2.05, 4.69) is 146 Å². The van der Waals surface area contributed by atoms with Gasteiger partial charge in [0, 0.05) is 69.4 Å². The van der Waals surface area contributed by atoms with Crippen LogP contribution in [0.25, 0.3) is 120 Å². The van der Waals surface area contributed by atoms with Gasteiger partial charge < -0.3 is 4.42 Å². The minimum atomic E-state index is 0.684. The van der Waals surface area contributed by atoms with Gasteiger partial charge in [-0.1, -0.05) is 152 Å². The van der Waals surface area contributed by atoms with Crippen LogP contribution in [0.5, 0.6) is 0 Å². The molecule has 58 heavy (non-hydrogen) atoms. The normalized spacial score (nSPS) is 11.8. The van der Waals surface area contributed by atoms with Crippen LogP contribution < -0.4 is 0 Å². The Balaban J connectivity index is 0.973. The molecule has 0 radical (unpaired) electrons. The summed E-state index contributed by atoms with van der Waals surface area (Å²) in [6.45, 7) is 0. The van der Waals surface area contributed by atoms with Crippen molar-refractivity contribution in [3.05, 3.63) is 188 Å². The van der Waals surface area contributed by atoms with E-state index >= 15 is 0 Å². The third-order valence-electron chi connectivity index (χ3n) is 11.3. The second-order valence-electron chi connectivity index (χ2n) is 14.7. The molecule has 5 heteroatoms. The lowest BCUT2D eigenvalue weighted by Crippen LogP contribution is -1.96. The molecule has 4 nitrogen and oxygen atoms in total. The van der Waals surface area contributed by atoms with Crippen molar-refractivity contribution in [2.75, 3.05) is 0 Å². The third kappa shape index (κ3) is 5.25. The summed E-state index contributed by atoms with van der Waals surface area (Å²) in [4.78, 5) is 15.5. The third-order valence-corrected chi connectivity index (χ3v) is 12.5. The molecule has 0 aliphatic carbocycles. The van der Waals surface area contributed by atoms with Crippen molar-refractivity contribution in [1.82, 2.24) is 15.0 Å². The smallest absolute Gasteiger partial charge is 0.160 e. The highest BCUT2D eigenvalue weighted by Gasteiger charge is 2.18. The van der Waals surface area contributed by atoms with E-state index in [1.807, 2.05) is 53.8 Å². The van der Waals surface area contributed by atoms with E-state index in [4.69, 9.17) is 19.4 Å². The zero-order valence-corrected chi connectivity index (χ0v) is 31.9. The van der Waals surface area contributed by atoms with Crippen molar-refractivity contribution in [2.45, 2.75) is 0 Å². The molecule has 0 bridgehead atoms. The summed E-state index contributed by atoms with van der Waals surface area (Å²) < 4.78 is 8.82. The van der Waals surface area contributed by atoms with Gasteiger partial charge in [-0.05, 0) is 47.5 Å². The summed E-state index contributed by atoms with van der Waals surface area (Å²) >= 11 is 1.87. The SMILES string of the molecule is c1ccc(-c2nc(-c3ccc(-c4ccc5sc6c(ccc7c(-c8ccccc8)nc8ccccc8c76)c5c4)cc3)cc(-c3cccc4oc5ccccc5c34)n2)cc1. The molecule has 0 atom stereocenters. The van der Waals surface area contributed by atoms with E-state index in [9.17, 15) is 0 Å². The summed E-state index contributed by atoms with van der Waals surface area (Å²) in [7, 11) is 0. The van der Waals surface area contributed by atoms with Crippen molar-refractivity contribution in [2.24, 2.45) is 0 Å². The lowest BCUT2D eigenvalue weighted by atomic mass is 9.97. The first-order chi connectivity index (χ1) is 28.7. The highest BCUT2D eigenvalue weighted by atomic mass is 32.1. The summed E-state index contributed by atoms with van der Waals surface area (Å²) in [5.41, 5.74) is 11.9. The molecule has 0 spiro atoms. The number of benzene rings is 8. The largest absolute Gasteiger partial charge is 0.456 e. The first-order valence-corrected chi connectivity index (χ1v) is 20.2. The molecule has 12 rings (SSSR count). The fraction of sp³-hybridized carbons (Fsp3) is 0.